The number of methoxy groups -OCH3 is 1. The van der Waals surface area contributed by atoms with Crippen LogP contribution in [-0.2, 0) is 11.2 Å². The van der Waals surface area contributed by atoms with Crippen LogP contribution in [0.3, 0.4) is 0 Å². The average molecular weight is 326 g/mol. The Morgan fingerprint density at radius 2 is 2.00 bits per heavy atom. The van der Waals surface area contributed by atoms with Crippen molar-refractivity contribution in [1.82, 2.24) is 5.43 Å². The van der Waals surface area contributed by atoms with Gasteiger partial charge in [-0.3, -0.25) is 4.79 Å². The van der Waals surface area contributed by atoms with Gasteiger partial charge in [-0.05, 0) is 29.8 Å². The number of carbonyl (C=O) groups is 1. The third-order valence-corrected chi connectivity index (χ3v) is 3.50. The van der Waals surface area contributed by atoms with Crippen LogP contribution in [0.2, 0.25) is 0 Å². The van der Waals surface area contributed by atoms with Gasteiger partial charge in [-0.2, -0.15) is 5.10 Å². The van der Waals surface area contributed by atoms with Crippen LogP contribution < -0.4 is 19.6 Å². The van der Waals surface area contributed by atoms with Gasteiger partial charge in [-0.15, -0.1) is 0 Å². The second-order valence-corrected chi connectivity index (χ2v) is 5.19. The molecular formula is C18H18N2O4. The Kier molecular flexibility index (Phi) is 4.96. The monoisotopic (exact) mass is 326 g/mol. The molecule has 1 amide bonds. The molecule has 0 aromatic heterocycles. The first-order valence-electron chi connectivity index (χ1n) is 7.60. The van der Waals surface area contributed by atoms with Gasteiger partial charge < -0.3 is 14.2 Å². The Labute approximate surface area is 140 Å². The zero-order valence-electron chi connectivity index (χ0n) is 13.3. The summed E-state index contributed by atoms with van der Waals surface area (Å²) in [5, 5.41) is 3.97. The van der Waals surface area contributed by atoms with E-state index in [1.807, 2.05) is 42.5 Å². The fourth-order valence-corrected chi connectivity index (χ4v) is 2.37. The summed E-state index contributed by atoms with van der Waals surface area (Å²) >= 11 is 0. The minimum absolute atomic E-state index is 0.208. The standard InChI is InChI=1S/C18H18N2O4/c1-22-15-5-3-2-4-14(15)12-19-20-18(21)11-13-6-7-16-17(10-13)24-9-8-23-16/h2-7,10,12H,8-9,11H2,1H3,(H,20,21)/b19-12+. The van der Waals surface area contributed by atoms with Gasteiger partial charge in [0.15, 0.2) is 11.5 Å². The van der Waals surface area contributed by atoms with Gasteiger partial charge in [0.25, 0.3) is 0 Å². The van der Waals surface area contributed by atoms with Gasteiger partial charge in [0.1, 0.15) is 19.0 Å². The molecule has 0 fully saturated rings. The molecule has 1 aliphatic heterocycles. The van der Waals surface area contributed by atoms with Gasteiger partial charge in [0.2, 0.25) is 5.91 Å². The fourth-order valence-electron chi connectivity index (χ4n) is 2.37. The maximum Gasteiger partial charge on any atom is 0.244 e. The number of nitrogens with one attached hydrogen (secondary N) is 1. The van der Waals surface area contributed by atoms with Gasteiger partial charge in [0, 0.05) is 5.56 Å². The highest BCUT2D eigenvalue weighted by Crippen LogP contribution is 2.30. The minimum Gasteiger partial charge on any atom is -0.496 e. The zero-order chi connectivity index (χ0) is 16.8. The molecule has 124 valence electrons. The molecule has 0 aliphatic carbocycles. The second kappa shape index (κ2) is 7.50. The van der Waals surface area contributed by atoms with Gasteiger partial charge in [-0.1, -0.05) is 18.2 Å². The first kappa shape index (κ1) is 15.9. The van der Waals surface area contributed by atoms with Crippen molar-refractivity contribution in [2.45, 2.75) is 6.42 Å². The predicted molar refractivity (Wildman–Crippen MR) is 89.9 cm³/mol. The summed E-state index contributed by atoms with van der Waals surface area (Å²) in [5.41, 5.74) is 4.14. The lowest BCUT2D eigenvalue weighted by Gasteiger charge is -2.18. The van der Waals surface area contributed by atoms with Gasteiger partial charge in [0.05, 0.1) is 19.7 Å². The number of nitrogens with zero attached hydrogens (tertiary/aromatic N) is 1. The number of benzene rings is 2. The van der Waals surface area contributed by atoms with Crippen molar-refractivity contribution in [2.24, 2.45) is 5.10 Å². The highest BCUT2D eigenvalue weighted by Gasteiger charge is 2.13. The third kappa shape index (κ3) is 3.84. The second-order valence-electron chi connectivity index (χ2n) is 5.19. The Morgan fingerprint density at radius 1 is 1.21 bits per heavy atom. The molecule has 0 unspecified atom stereocenters. The first-order valence-corrected chi connectivity index (χ1v) is 7.60. The zero-order valence-corrected chi connectivity index (χ0v) is 13.3. The van der Waals surface area contributed by atoms with Crippen molar-refractivity contribution in [3.05, 3.63) is 53.6 Å². The maximum absolute atomic E-state index is 12.0. The van der Waals surface area contributed by atoms with Crippen LogP contribution in [0.1, 0.15) is 11.1 Å². The van der Waals surface area contributed by atoms with Crippen LogP contribution in [0.15, 0.2) is 47.6 Å². The maximum atomic E-state index is 12.0. The lowest BCUT2D eigenvalue weighted by Crippen LogP contribution is -2.20. The number of amides is 1. The van der Waals surface area contributed by atoms with E-state index in [0.29, 0.717) is 30.5 Å². The number of hydrogen-bond acceptors (Lipinski definition) is 5. The molecule has 24 heavy (non-hydrogen) atoms. The summed E-state index contributed by atoms with van der Waals surface area (Å²) in [6, 6.07) is 12.9. The molecule has 0 saturated carbocycles. The van der Waals surface area contributed by atoms with E-state index >= 15 is 0 Å². The lowest BCUT2D eigenvalue weighted by molar-refractivity contribution is -0.120. The van der Waals surface area contributed by atoms with Crippen molar-refractivity contribution in [3.63, 3.8) is 0 Å². The number of para-hydroxylation sites is 1. The van der Waals surface area contributed by atoms with E-state index < -0.39 is 0 Å². The lowest BCUT2D eigenvalue weighted by atomic mass is 10.1. The Bertz CT molecular complexity index is 758. The average Bonchev–Trinajstić information content (AvgIpc) is 2.62. The molecular weight excluding hydrogens is 308 g/mol. The first-order chi connectivity index (χ1) is 11.8. The molecule has 2 aromatic carbocycles. The molecule has 0 spiro atoms. The van der Waals surface area contributed by atoms with Crippen LogP contribution in [0.5, 0.6) is 17.2 Å². The Hall–Kier alpha value is -3.02. The van der Waals surface area contributed by atoms with Crippen LogP contribution in [0.4, 0.5) is 0 Å². The van der Waals surface area contributed by atoms with Gasteiger partial charge >= 0.3 is 0 Å². The van der Waals surface area contributed by atoms with Crippen molar-refractivity contribution < 1.29 is 19.0 Å². The molecule has 1 aliphatic rings. The molecule has 0 atom stereocenters. The summed E-state index contributed by atoms with van der Waals surface area (Å²) in [4.78, 5) is 12.0. The molecule has 1 N–H and O–H groups in total. The number of rotatable bonds is 5. The van der Waals surface area contributed by atoms with Crippen LogP contribution in [-0.4, -0.2) is 32.4 Å². The van der Waals surface area contributed by atoms with E-state index in [4.69, 9.17) is 14.2 Å². The van der Waals surface area contributed by atoms with E-state index in [0.717, 1.165) is 11.1 Å². The van der Waals surface area contributed by atoms with E-state index in [9.17, 15) is 4.79 Å². The SMILES string of the molecule is COc1ccccc1/C=N/NC(=O)Cc1ccc2c(c1)OCCO2. The summed E-state index contributed by atoms with van der Waals surface area (Å²) in [5.74, 6) is 1.86. The molecule has 3 rings (SSSR count). The summed E-state index contributed by atoms with van der Waals surface area (Å²) in [7, 11) is 1.59. The highest BCUT2D eigenvalue weighted by atomic mass is 16.6. The van der Waals surface area contributed by atoms with Crippen molar-refractivity contribution >= 4 is 12.1 Å². The normalized spacial score (nSPS) is 12.9. The van der Waals surface area contributed by atoms with Crippen molar-refractivity contribution in [3.8, 4) is 17.2 Å². The van der Waals surface area contributed by atoms with E-state index in [1.54, 1.807) is 13.3 Å². The molecule has 6 nitrogen and oxygen atoms in total. The van der Waals surface area contributed by atoms with Crippen LogP contribution in [0.25, 0.3) is 0 Å². The van der Waals surface area contributed by atoms with Crippen molar-refractivity contribution in [1.29, 1.82) is 0 Å². The summed E-state index contributed by atoms with van der Waals surface area (Å²) < 4.78 is 16.2. The summed E-state index contributed by atoms with van der Waals surface area (Å²) in [6.45, 7) is 1.07. The number of hydrogen-bond donors (Lipinski definition) is 1. The topological polar surface area (TPSA) is 69.2 Å². The van der Waals surface area contributed by atoms with E-state index in [1.165, 1.54) is 0 Å². The van der Waals surface area contributed by atoms with Crippen LogP contribution in [0, 0.1) is 0 Å². The molecule has 0 saturated heterocycles. The van der Waals surface area contributed by atoms with E-state index in [-0.39, 0.29) is 12.3 Å². The number of carbonyl (C=O) groups excluding carboxylic acids is 1. The quantitative estimate of drug-likeness (QED) is 0.675. The van der Waals surface area contributed by atoms with E-state index in [2.05, 4.69) is 10.5 Å². The molecule has 0 radical (unpaired) electrons. The predicted octanol–water partition coefficient (Wildman–Crippen LogP) is 2.16. The smallest absolute Gasteiger partial charge is 0.244 e. The van der Waals surface area contributed by atoms with Crippen LogP contribution >= 0.6 is 0 Å². The minimum atomic E-state index is -0.210. The number of fused-ring (bicyclic) bond motifs is 1. The molecule has 2 aromatic rings. The summed E-state index contributed by atoms with van der Waals surface area (Å²) in [6.07, 6.45) is 1.76. The fraction of sp³-hybridized carbons (Fsp3) is 0.222. The molecule has 6 heteroatoms. The Balaban J connectivity index is 1.59. The molecule has 1 heterocycles. The van der Waals surface area contributed by atoms with Crippen molar-refractivity contribution in [2.75, 3.05) is 20.3 Å². The molecule has 0 bridgehead atoms. The number of ether oxygens (including phenoxy) is 3. The number of hydrazone groups is 1. The largest absolute Gasteiger partial charge is 0.496 e. The highest BCUT2D eigenvalue weighted by molar-refractivity contribution is 5.85. The van der Waals surface area contributed by atoms with Gasteiger partial charge in [-0.25, -0.2) is 5.43 Å². The Morgan fingerprint density at radius 3 is 2.83 bits per heavy atom. The third-order valence-electron chi connectivity index (χ3n) is 3.50.